The van der Waals surface area contributed by atoms with E-state index in [1.165, 1.54) is 6.08 Å². The van der Waals surface area contributed by atoms with Crippen molar-refractivity contribution in [1.82, 2.24) is 9.80 Å². The second-order valence-corrected chi connectivity index (χ2v) is 7.44. The molecule has 0 spiro atoms. The first-order chi connectivity index (χ1) is 12.5. The molecule has 2 heterocycles. The number of likely N-dealkylation sites (tertiary alicyclic amines) is 1. The van der Waals surface area contributed by atoms with Gasteiger partial charge in [0.05, 0.1) is 23.2 Å². The number of carbonyl (C=O) groups excluding carboxylic acids is 2. The summed E-state index contributed by atoms with van der Waals surface area (Å²) in [5.74, 6) is 0.0300. The Labute approximate surface area is 163 Å². The minimum atomic E-state index is -0.204. The van der Waals surface area contributed by atoms with Crippen LogP contribution in [0.15, 0.2) is 30.9 Å². The number of nitrogens with zero attached hydrogens (tertiary/aromatic N) is 2. The van der Waals surface area contributed by atoms with Gasteiger partial charge in [0.25, 0.3) is 0 Å². The Morgan fingerprint density at radius 1 is 1.12 bits per heavy atom. The summed E-state index contributed by atoms with van der Waals surface area (Å²) in [5.41, 5.74) is 0.920. The lowest BCUT2D eigenvalue weighted by molar-refractivity contribution is -0.146. The molecular weight excluding hydrogens is 375 g/mol. The number of carbonyl (C=O) groups is 2. The Balaban J connectivity index is 1.60. The normalized spacial score (nSPS) is 21.5. The molecular formula is C19H22Cl2N2O3. The molecule has 3 rings (SSSR count). The molecule has 2 amide bonds. The molecule has 7 heteroatoms. The lowest BCUT2D eigenvalue weighted by atomic mass is 9.94. The maximum Gasteiger partial charge on any atom is 0.245 e. The Kier molecular flexibility index (Phi) is 6.22. The fourth-order valence-corrected chi connectivity index (χ4v) is 3.80. The van der Waals surface area contributed by atoms with Crippen molar-refractivity contribution in [2.75, 3.05) is 32.8 Å². The Hall–Kier alpha value is -1.56. The van der Waals surface area contributed by atoms with Gasteiger partial charge in [-0.3, -0.25) is 9.59 Å². The summed E-state index contributed by atoms with van der Waals surface area (Å²) in [6, 6.07) is 5.42. The Morgan fingerprint density at radius 2 is 1.85 bits per heavy atom. The highest BCUT2D eigenvalue weighted by molar-refractivity contribution is 6.42. The van der Waals surface area contributed by atoms with Crippen LogP contribution in [0.4, 0.5) is 0 Å². The van der Waals surface area contributed by atoms with Gasteiger partial charge in [-0.2, -0.15) is 0 Å². The van der Waals surface area contributed by atoms with Crippen molar-refractivity contribution in [3.63, 3.8) is 0 Å². The molecule has 140 valence electrons. The molecule has 0 N–H and O–H groups in total. The maximum atomic E-state index is 12.9. The van der Waals surface area contributed by atoms with E-state index in [-0.39, 0.29) is 23.8 Å². The molecule has 0 aliphatic carbocycles. The highest BCUT2D eigenvalue weighted by Crippen LogP contribution is 2.30. The fourth-order valence-electron chi connectivity index (χ4n) is 3.50. The second-order valence-electron chi connectivity index (χ2n) is 6.62. The molecule has 0 bridgehead atoms. The lowest BCUT2D eigenvalue weighted by Crippen LogP contribution is -2.48. The molecule has 1 aromatic rings. The van der Waals surface area contributed by atoms with Crippen molar-refractivity contribution in [2.45, 2.75) is 18.9 Å². The van der Waals surface area contributed by atoms with Crippen LogP contribution in [-0.2, 0) is 14.3 Å². The fraction of sp³-hybridized carbons (Fsp3) is 0.474. The molecule has 2 fully saturated rings. The molecule has 0 saturated carbocycles. The van der Waals surface area contributed by atoms with E-state index in [2.05, 4.69) is 6.58 Å². The SMILES string of the molecule is C=CC(=O)N1CCC(C(=O)N2CCOC(c3ccc(Cl)c(Cl)c3)C2)CC1. The lowest BCUT2D eigenvalue weighted by Gasteiger charge is -2.37. The van der Waals surface area contributed by atoms with Crippen LogP contribution in [0.2, 0.25) is 10.0 Å². The van der Waals surface area contributed by atoms with E-state index in [1.54, 1.807) is 17.0 Å². The first-order valence-corrected chi connectivity index (χ1v) is 9.52. The number of morpholine rings is 1. The van der Waals surface area contributed by atoms with Gasteiger partial charge in [0.1, 0.15) is 6.10 Å². The van der Waals surface area contributed by atoms with Crippen LogP contribution in [-0.4, -0.2) is 54.4 Å². The van der Waals surface area contributed by atoms with Crippen molar-refractivity contribution in [1.29, 1.82) is 0 Å². The predicted octanol–water partition coefficient (Wildman–Crippen LogP) is 3.32. The topological polar surface area (TPSA) is 49.9 Å². The minimum absolute atomic E-state index is 0.0450. The standard InChI is InChI=1S/C19H22Cl2N2O3/c1-2-18(24)22-7-5-13(6-8-22)19(25)23-9-10-26-17(12-23)14-3-4-15(20)16(21)11-14/h2-4,11,13,17H,1,5-10,12H2. The van der Waals surface area contributed by atoms with Gasteiger partial charge in [-0.1, -0.05) is 35.8 Å². The van der Waals surface area contributed by atoms with Crippen LogP contribution in [0.5, 0.6) is 0 Å². The average molecular weight is 397 g/mol. The Bertz CT molecular complexity index is 702. The average Bonchev–Trinajstić information content (AvgIpc) is 2.69. The van der Waals surface area contributed by atoms with Crippen molar-refractivity contribution >= 4 is 35.0 Å². The van der Waals surface area contributed by atoms with Crippen LogP contribution < -0.4 is 0 Å². The molecule has 1 unspecified atom stereocenters. The summed E-state index contributed by atoms with van der Waals surface area (Å²) >= 11 is 12.1. The van der Waals surface area contributed by atoms with Gasteiger partial charge in [0, 0.05) is 25.6 Å². The molecule has 5 nitrogen and oxygen atoms in total. The van der Waals surface area contributed by atoms with E-state index in [0.29, 0.717) is 55.7 Å². The van der Waals surface area contributed by atoms with E-state index in [0.717, 1.165) is 5.56 Å². The second kappa shape index (κ2) is 8.42. The summed E-state index contributed by atoms with van der Waals surface area (Å²) < 4.78 is 5.83. The summed E-state index contributed by atoms with van der Waals surface area (Å²) in [6.45, 7) is 6.29. The van der Waals surface area contributed by atoms with Crippen LogP contribution in [0.25, 0.3) is 0 Å². The maximum absolute atomic E-state index is 12.9. The van der Waals surface area contributed by atoms with Gasteiger partial charge >= 0.3 is 0 Å². The molecule has 0 radical (unpaired) electrons. The predicted molar refractivity (Wildman–Crippen MR) is 101 cm³/mol. The van der Waals surface area contributed by atoms with Crippen molar-refractivity contribution in [2.24, 2.45) is 5.92 Å². The first-order valence-electron chi connectivity index (χ1n) is 8.76. The molecule has 1 atom stereocenters. The van der Waals surface area contributed by atoms with E-state index in [4.69, 9.17) is 27.9 Å². The highest BCUT2D eigenvalue weighted by atomic mass is 35.5. The monoisotopic (exact) mass is 396 g/mol. The van der Waals surface area contributed by atoms with Crippen LogP contribution in [0.3, 0.4) is 0 Å². The van der Waals surface area contributed by atoms with Crippen molar-refractivity contribution in [3.8, 4) is 0 Å². The first kappa shape index (κ1) is 19.2. The molecule has 2 aliphatic heterocycles. The molecule has 2 aliphatic rings. The molecule has 1 aromatic carbocycles. The zero-order chi connectivity index (χ0) is 18.7. The van der Waals surface area contributed by atoms with Crippen molar-refractivity contribution in [3.05, 3.63) is 46.5 Å². The smallest absolute Gasteiger partial charge is 0.245 e. The third kappa shape index (κ3) is 4.22. The number of rotatable bonds is 3. The van der Waals surface area contributed by atoms with Crippen molar-refractivity contribution < 1.29 is 14.3 Å². The zero-order valence-electron chi connectivity index (χ0n) is 14.5. The third-order valence-corrected chi connectivity index (χ3v) is 5.76. The number of ether oxygens (including phenoxy) is 1. The van der Waals surface area contributed by atoms with Gasteiger partial charge in [0.2, 0.25) is 11.8 Å². The Morgan fingerprint density at radius 3 is 2.50 bits per heavy atom. The largest absolute Gasteiger partial charge is 0.370 e. The summed E-state index contributed by atoms with van der Waals surface area (Å²) in [5, 5.41) is 0.982. The highest BCUT2D eigenvalue weighted by Gasteiger charge is 2.32. The number of benzene rings is 1. The number of amides is 2. The summed E-state index contributed by atoms with van der Waals surface area (Å²) in [4.78, 5) is 28.2. The molecule has 2 saturated heterocycles. The van der Waals surface area contributed by atoms with Crippen LogP contribution >= 0.6 is 23.2 Å². The van der Waals surface area contributed by atoms with Gasteiger partial charge in [-0.15, -0.1) is 0 Å². The quantitative estimate of drug-likeness (QED) is 0.736. The third-order valence-electron chi connectivity index (χ3n) is 5.02. The van der Waals surface area contributed by atoms with Crippen LogP contribution in [0.1, 0.15) is 24.5 Å². The summed E-state index contributed by atoms with van der Waals surface area (Å²) in [7, 11) is 0. The number of hydrogen-bond acceptors (Lipinski definition) is 3. The molecule has 0 aromatic heterocycles. The number of piperidine rings is 1. The number of hydrogen-bond donors (Lipinski definition) is 0. The van der Waals surface area contributed by atoms with E-state index < -0.39 is 0 Å². The zero-order valence-corrected chi connectivity index (χ0v) is 16.0. The van der Waals surface area contributed by atoms with E-state index in [1.807, 2.05) is 11.0 Å². The summed E-state index contributed by atoms with van der Waals surface area (Å²) in [6.07, 6.45) is 2.50. The van der Waals surface area contributed by atoms with E-state index in [9.17, 15) is 9.59 Å². The van der Waals surface area contributed by atoms with Gasteiger partial charge in [-0.05, 0) is 36.6 Å². The van der Waals surface area contributed by atoms with Gasteiger partial charge in [0.15, 0.2) is 0 Å². The van der Waals surface area contributed by atoms with Gasteiger partial charge < -0.3 is 14.5 Å². The minimum Gasteiger partial charge on any atom is -0.370 e. The number of halogens is 2. The molecule has 26 heavy (non-hydrogen) atoms. The van der Waals surface area contributed by atoms with E-state index >= 15 is 0 Å². The van der Waals surface area contributed by atoms with Gasteiger partial charge in [-0.25, -0.2) is 0 Å². The van der Waals surface area contributed by atoms with Crippen LogP contribution in [0, 0.1) is 5.92 Å².